The molecule has 2 N–H and O–H groups in total. The normalized spacial score (nSPS) is 10.5. The summed E-state index contributed by atoms with van der Waals surface area (Å²) in [6.07, 6.45) is 5.20. The molecular weight excluding hydrogens is 363 g/mol. The van der Waals surface area contributed by atoms with Gasteiger partial charge in [0.05, 0.1) is 6.20 Å². The van der Waals surface area contributed by atoms with Crippen LogP contribution in [-0.2, 0) is 11.2 Å². The summed E-state index contributed by atoms with van der Waals surface area (Å²) in [4.78, 5) is 31.3. The van der Waals surface area contributed by atoms with Crippen molar-refractivity contribution in [1.82, 2.24) is 15.3 Å². The number of pyridine rings is 1. The smallest absolute Gasteiger partial charge is 0.273 e. The minimum Gasteiger partial charge on any atom is -0.443 e. The molecule has 2 amide bonds. The van der Waals surface area contributed by atoms with Crippen LogP contribution in [0.4, 0.5) is 10.1 Å². The first kappa shape index (κ1) is 19.2. The Morgan fingerprint density at radius 3 is 2.68 bits per heavy atom. The third-order valence-corrected chi connectivity index (χ3v) is 3.94. The van der Waals surface area contributed by atoms with Gasteiger partial charge in [-0.05, 0) is 48.7 Å². The second-order valence-electron chi connectivity index (χ2n) is 6.16. The van der Waals surface area contributed by atoms with E-state index in [1.807, 2.05) is 0 Å². The van der Waals surface area contributed by atoms with Crippen LogP contribution >= 0.6 is 0 Å². The fourth-order valence-corrected chi connectivity index (χ4v) is 2.69. The zero-order chi connectivity index (χ0) is 19.9. The molecule has 0 saturated heterocycles. The summed E-state index contributed by atoms with van der Waals surface area (Å²) in [5, 5.41) is 5.46. The van der Waals surface area contributed by atoms with E-state index in [9.17, 15) is 14.0 Å². The van der Waals surface area contributed by atoms with E-state index in [0.29, 0.717) is 36.4 Å². The number of benzene rings is 1. The topological polar surface area (TPSA) is 97.1 Å². The number of carbonyl (C=O) groups is 2. The zero-order valence-corrected chi connectivity index (χ0v) is 15.2. The lowest BCUT2D eigenvalue weighted by molar-refractivity contribution is -0.114. The third kappa shape index (κ3) is 5.00. The van der Waals surface area contributed by atoms with Crippen molar-refractivity contribution in [3.05, 3.63) is 66.2 Å². The van der Waals surface area contributed by atoms with Gasteiger partial charge in [-0.25, -0.2) is 9.37 Å². The quantitative estimate of drug-likeness (QED) is 0.612. The first-order valence-electron chi connectivity index (χ1n) is 8.72. The maximum atomic E-state index is 13.1. The van der Waals surface area contributed by atoms with Crippen LogP contribution < -0.4 is 10.6 Å². The lowest BCUT2D eigenvalue weighted by Crippen LogP contribution is -2.25. The zero-order valence-electron chi connectivity index (χ0n) is 15.2. The maximum absolute atomic E-state index is 13.1. The number of nitrogens with one attached hydrogen (secondary N) is 2. The maximum Gasteiger partial charge on any atom is 0.273 e. The average molecular weight is 382 g/mol. The van der Waals surface area contributed by atoms with Crippen LogP contribution in [0.3, 0.4) is 0 Å². The van der Waals surface area contributed by atoms with Crippen molar-refractivity contribution in [2.75, 3.05) is 11.9 Å². The molecule has 0 unspecified atom stereocenters. The Morgan fingerprint density at radius 2 is 1.96 bits per heavy atom. The summed E-state index contributed by atoms with van der Waals surface area (Å²) >= 11 is 0. The summed E-state index contributed by atoms with van der Waals surface area (Å²) < 4.78 is 18.5. The second kappa shape index (κ2) is 8.90. The summed E-state index contributed by atoms with van der Waals surface area (Å²) in [7, 11) is 0. The molecule has 0 saturated carbocycles. The van der Waals surface area contributed by atoms with Gasteiger partial charge in [0.1, 0.15) is 5.82 Å². The van der Waals surface area contributed by atoms with Gasteiger partial charge in [-0.3, -0.25) is 14.6 Å². The van der Waals surface area contributed by atoms with Gasteiger partial charge in [0.2, 0.25) is 5.91 Å². The lowest BCUT2D eigenvalue weighted by atomic mass is 10.1. The van der Waals surface area contributed by atoms with Crippen molar-refractivity contribution >= 4 is 17.5 Å². The Morgan fingerprint density at radius 1 is 1.18 bits per heavy atom. The van der Waals surface area contributed by atoms with E-state index in [1.165, 1.54) is 19.4 Å². The van der Waals surface area contributed by atoms with Gasteiger partial charge in [-0.1, -0.05) is 0 Å². The molecule has 28 heavy (non-hydrogen) atoms. The number of nitrogens with zero attached hydrogens (tertiary/aromatic N) is 2. The van der Waals surface area contributed by atoms with Gasteiger partial charge in [0.15, 0.2) is 17.8 Å². The van der Waals surface area contributed by atoms with Crippen molar-refractivity contribution in [3.63, 3.8) is 0 Å². The third-order valence-electron chi connectivity index (χ3n) is 3.94. The molecule has 144 valence electrons. The number of halogens is 1. The van der Waals surface area contributed by atoms with Gasteiger partial charge >= 0.3 is 0 Å². The Balaban J connectivity index is 1.58. The van der Waals surface area contributed by atoms with Crippen LogP contribution in [0.1, 0.15) is 29.4 Å². The molecule has 7 nitrogen and oxygen atoms in total. The fraction of sp³-hybridized carbons (Fsp3) is 0.200. The molecule has 8 heteroatoms. The van der Waals surface area contributed by atoms with Gasteiger partial charge < -0.3 is 15.1 Å². The van der Waals surface area contributed by atoms with E-state index in [-0.39, 0.29) is 23.3 Å². The average Bonchev–Trinajstić information content (AvgIpc) is 3.15. The Bertz CT molecular complexity index is 970. The van der Waals surface area contributed by atoms with Gasteiger partial charge in [-0.15, -0.1) is 0 Å². The molecule has 0 aliphatic rings. The van der Waals surface area contributed by atoms with E-state index in [0.717, 1.165) is 11.8 Å². The Labute approximate surface area is 161 Å². The Kier molecular flexibility index (Phi) is 6.11. The van der Waals surface area contributed by atoms with Crippen LogP contribution in [0.25, 0.3) is 11.3 Å². The molecule has 2 heterocycles. The number of carbonyl (C=O) groups excluding carboxylic acids is 2. The highest BCUT2D eigenvalue weighted by Gasteiger charge is 2.18. The van der Waals surface area contributed by atoms with Crippen molar-refractivity contribution < 1.29 is 18.4 Å². The highest BCUT2D eigenvalue weighted by Crippen LogP contribution is 2.24. The predicted molar refractivity (Wildman–Crippen MR) is 101 cm³/mol. The molecule has 0 bridgehead atoms. The number of aryl methyl sites for hydroxylation is 1. The van der Waals surface area contributed by atoms with Crippen molar-refractivity contribution in [1.29, 1.82) is 0 Å². The SMILES string of the molecule is CC(=O)Nc1ccc(-c2ocnc2C(=O)NCCCc2cncc(F)c2)cc1. The van der Waals surface area contributed by atoms with Crippen LogP contribution in [0.2, 0.25) is 0 Å². The second-order valence-corrected chi connectivity index (χ2v) is 6.16. The fourth-order valence-electron chi connectivity index (χ4n) is 2.69. The Hall–Kier alpha value is -3.55. The number of anilines is 1. The largest absolute Gasteiger partial charge is 0.443 e. The summed E-state index contributed by atoms with van der Waals surface area (Å²) in [5.41, 5.74) is 2.27. The summed E-state index contributed by atoms with van der Waals surface area (Å²) in [5.74, 6) is -0.548. The molecule has 0 radical (unpaired) electrons. The van der Waals surface area contributed by atoms with Crippen LogP contribution in [0.15, 0.2) is 53.5 Å². The van der Waals surface area contributed by atoms with Crippen molar-refractivity contribution in [2.45, 2.75) is 19.8 Å². The highest BCUT2D eigenvalue weighted by molar-refractivity contribution is 5.97. The number of hydrogen-bond donors (Lipinski definition) is 2. The molecule has 0 aliphatic carbocycles. The van der Waals surface area contributed by atoms with E-state index in [4.69, 9.17) is 4.42 Å². The van der Waals surface area contributed by atoms with Crippen LogP contribution in [0, 0.1) is 5.82 Å². The molecule has 0 aliphatic heterocycles. The van der Waals surface area contributed by atoms with Crippen LogP contribution in [0.5, 0.6) is 0 Å². The van der Waals surface area contributed by atoms with Gasteiger partial charge in [-0.2, -0.15) is 0 Å². The molecule has 2 aromatic heterocycles. The molecular formula is C20H19FN4O3. The van der Waals surface area contributed by atoms with E-state index >= 15 is 0 Å². The number of oxazole rings is 1. The monoisotopic (exact) mass is 382 g/mol. The number of amides is 2. The van der Waals surface area contributed by atoms with E-state index in [2.05, 4.69) is 20.6 Å². The minimum atomic E-state index is -0.377. The van der Waals surface area contributed by atoms with E-state index < -0.39 is 0 Å². The molecule has 3 aromatic rings. The van der Waals surface area contributed by atoms with Crippen molar-refractivity contribution in [3.8, 4) is 11.3 Å². The predicted octanol–water partition coefficient (Wildman–Crippen LogP) is 3.20. The van der Waals surface area contributed by atoms with Crippen LogP contribution in [-0.4, -0.2) is 28.3 Å². The standard InChI is InChI=1S/C20H19FN4O3/c1-13(26)25-17-6-4-15(5-7-17)19-18(24-12-28-19)20(27)23-8-2-3-14-9-16(21)11-22-10-14/h4-7,9-12H,2-3,8H2,1H3,(H,23,27)(H,25,26). The number of aromatic nitrogens is 2. The van der Waals surface area contributed by atoms with Gasteiger partial charge in [0.25, 0.3) is 5.91 Å². The van der Waals surface area contributed by atoms with Crippen molar-refractivity contribution in [2.24, 2.45) is 0 Å². The highest BCUT2D eigenvalue weighted by atomic mass is 19.1. The summed E-state index contributed by atoms with van der Waals surface area (Å²) in [6, 6.07) is 8.33. The molecule has 0 spiro atoms. The minimum absolute atomic E-state index is 0.165. The number of hydrogen-bond acceptors (Lipinski definition) is 5. The first-order valence-corrected chi connectivity index (χ1v) is 8.72. The molecule has 0 atom stereocenters. The lowest BCUT2D eigenvalue weighted by Gasteiger charge is -2.06. The molecule has 3 rings (SSSR count). The summed E-state index contributed by atoms with van der Waals surface area (Å²) in [6.45, 7) is 1.83. The molecule has 0 fully saturated rings. The van der Waals surface area contributed by atoms with E-state index in [1.54, 1.807) is 30.5 Å². The number of rotatable bonds is 7. The molecule has 1 aromatic carbocycles. The first-order chi connectivity index (χ1) is 13.5. The van der Waals surface area contributed by atoms with Gasteiger partial charge in [0, 0.05) is 30.9 Å².